The summed E-state index contributed by atoms with van der Waals surface area (Å²) in [6.07, 6.45) is 3.41. The Morgan fingerprint density at radius 3 is 2.35 bits per heavy atom. The molecule has 2 heterocycles. The van der Waals surface area contributed by atoms with Crippen LogP contribution >= 0.6 is 23.4 Å². The lowest BCUT2D eigenvalue weighted by Crippen LogP contribution is -2.14. The molecule has 3 aromatic carbocycles. The van der Waals surface area contributed by atoms with Gasteiger partial charge in [-0.1, -0.05) is 53.7 Å². The standard InChI is InChI=1S/C28H22ClN5O2S/c29-22-6-10-24(11-7-22)34-27(21-14-16-30-17-15-21)32-33-28(34)37-19-26(35)31-23-8-12-25(13-9-23)36-18-20-4-2-1-3-5-20/h1-17H,18-19H2,(H,31,35). The van der Waals surface area contributed by atoms with Crippen molar-refractivity contribution in [2.75, 3.05) is 11.1 Å². The molecule has 0 unspecified atom stereocenters. The molecule has 0 aliphatic rings. The van der Waals surface area contributed by atoms with Gasteiger partial charge in [-0.05, 0) is 66.2 Å². The third-order valence-corrected chi connectivity index (χ3v) is 6.56. The van der Waals surface area contributed by atoms with E-state index in [-0.39, 0.29) is 11.7 Å². The number of carbonyl (C=O) groups excluding carboxylic acids is 1. The van der Waals surface area contributed by atoms with Gasteiger partial charge in [-0.15, -0.1) is 10.2 Å². The second-order valence-corrected chi connectivity index (χ2v) is 9.37. The zero-order valence-electron chi connectivity index (χ0n) is 19.6. The third kappa shape index (κ3) is 6.35. The number of thioether (sulfide) groups is 1. The first kappa shape index (κ1) is 24.5. The van der Waals surface area contributed by atoms with Gasteiger partial charge in [0.05, 0.1) is 5.75 Å². The van der Waals surface area contributed by atoms with Crippen LogP contribution in [0.3, 0.4) is 0 Å². The molecule has 1 amide bonds. The maximum Gasteiger partial charge on any atom is 0.234 e. The van der Waals surface area contributed by atoms with E-state index < -0.39 is 0 Å². The lowest BCUT2D eigenvalue weighted by Gasteiger charge is -2.11. The molecule has 2 aromatic heterocycles. The van der Waals surface area contributed by atoms with Crippen molar-refractivity contribution < 1.29 is 9.53 Å². The molecule has 0 fully saturated rings. The molecule has 0 aliphatic carbocycles. The molecule has 7 nitrogen and oxygen atoms in total. The van der Waals surface area contributed by atoms with Crippen molar-refractivity contribution >= 4 is 35.0 Å². The number of aromatic nitrogens is 4. The van der Waals surface area contributed by atoms with Crippen molar-refractivity contribution in [1.29, 1.82) is 0 Å². The molecular formula is C28H22ClN5O2S. The number of carbonyl (C=O) groups is 1. The van der Waals surface area contributed by atoms with Gasteiger partial charge in [0.25, 0.3) is 0 Å². The summed E-state index contributed by atoms with van der Waals surface area (Å²) < 4.78 is 7.72. The fraction of sp³-hybridized carbons (Fsp3) is 0.0714. The Kier molecular flexibility index (Phi) is 7.78. The molecule has 0 saturated heterocycles. The van der Waals surface area contributed by atoms with Crippen LogP contribution in [0.25, 0.3) is 17.1 Å². The predicted octanol–water partition coefficient (Wildman–Crippen LogP) is 6.29. The van der Waals surface area contributed by atoms with Gasteiger partial charge in [0.1, 0.15) is 12.4 Å². The van der Waals surface area contributed by atoms with Gasteiger partial charge in [-0.3, -0.25) is 14.3 Å². The molecule has 1 N–H and O–H groups in total. The molecule has 9 heteroatoms. The lowest BCUT2D eigenvalue weighted by molar-refractivity contribution is -0.113. The third-order valence-electron chi connectivity index (χ3n) is 5.38. The highest BCUT2D eigenvalue weighted by molar-refractivity contribution is 7.99. The van der Waals surface area contributed by atoms with Gasteiger partial charge >= 0.3 is 0 Å². The van der Waals surface area contributed by atoms with E-state index in [1.165, 1.54) is 11.8 Å². The van der Waals surface area contributed by atoms with Crippen molar-refractivity contribution in [2.45, 2.75) is 11.8 Å². The first-order valence-corrected chi connectivity index (χ1v) is 12.8. The van der Waals surface area contributed by atoms with Gasteiger partial charge < -0.3 is 10.1 Å². The second-order valence-electron chi connectivity index (χ2n) is 7.99. The first-order valence-electron chi connectivity index (χ1n) is 11.5. The number of pyridine rings is 1. The molecule has 0 spiro atoms. The highest BCUT2D eigenvalue weighted by Crippen LogP contribution is 2.28. The maximum atomic E-state index is 12.7. The number of hydrogen-bond acceptors (Lipinski definition) is 6. The van der Waals surface area contributed by atoms with Crippen LogP contribution in [-0.4, -0.2) is 31.4 Å². The molecule has 0 atom stereocenters. The highest BCUT2D eigenvalue weighted by Gasteiger charge is 2.17. The van der Waals surface area contributed by atoms with Crippen LogP contribution in [0, 0.1) is 0 Å². The maximum absolute atomic E-state index is 12.7. The van der Waals surface area contributed by atoms with Gasteiger partial charge in [-0.2, -0.15) is 0 Å². The fourth-order valence-corrected chi connectivity index (χ4v) is 4.45. The molecular weight excluding hydrogens is 506 g/mol. The van der Waals surface area contributed by atoms with Crippen LogP contribution < -0.4 is 10.1 Å². The Hall–Kier alpha value is -4.14. The summed E-state index contributed by atoms with van der Waals surface area (Å²) in [7, 11) is 0. The number of anilines is 1. The van der Waals surface area contributed by atoms with E-state index in [2.05, 4.69) is 20.5 Å². The van der Waals surface area contributed by atoms with Gasteiger partial charge in [-0.25, -0.2) is 0 Å². The minimum atomic E-state index is -0.154. The van der Waals surface area contributed by atoms with Crippen LogP contribution in [-0.2, 0) is 11.4 Å². The number of hydrogen-bond donors (Lipinski definition) is 1. The summed E-state index contributed by atoms with van der Waals surface area (Å²) in [5, 5.41) is 12.9. The topological polar surface area (TPSA) is 81.9 Å². The zero-order chi connectivity index (χ0) is 25.5. The quantitative estimate of drug-likeness (QED) is 0.227. The predicted molar refractivity (Wildman–Crippen MR) is 146 cm³/mol. The number of halogens is 1. The van der Waals surface area contributed by atoms with Crippen molar-refractivity contribution in [2.24, 2.45) is 0 Å². The zero-order valence-corrected chi connectivity index (χ0v) is 21.2. The number of benzene rings is 3. The minimum Gasteiger partial charge on any atom is -0.489 e. The Morgan fingerprint density at radius 1 is 0.892 bits per heavy atom. The average Bonchev–Trinajstić information content (AvgIpc) is 3.37. The number of nitrogens with zero attached hydrogens (tertiary/aromatic N) is 4. The van der Waals surface area contributed by atoms with Crippen LogP contribution in [0.5, 0.6) is 5.75 Å². The van der Waals surface area contributed by atoms with E-state index in [0.717, 1.165) is 22.6 Å². The SMILES string of the molecule is O=C(CSc1nnc(-c2ccncc2)n1-c1ccc(Cl)cc1)Nc1ccc(OCc2ccccc2)cc1. The van der Waals surface area contributed by atoms with Crippen molar-refractivity contribution in [3.8, 4) is 22.8 Å². The minimum absolute atomic E-state index is 0.154. The monoisotopic (exact) mass is 527 g/mol. The molecule has 0 radical (unpaired) electrons. The molecule has 0 saturated carbocycles. The van der Waals surface area contributed by atoms with E-state index in [1.807, 2.05) is 95.6 Å². The molecule has 0 bridgehead atoms. The molecule has 5 aromatic rings. The fourth-order valence-electron chi connectivity index (χ4n) is 3.58. The van der Waals surface area contributed by atoms with Crippen LogP contribution in [0.15, 0.2) is 109 Å². The summed E-state index contributed by atoms with van der Waals surface area (Å²) >= 11 is 7.39. The summed E-state index contributed by atoms with van der Waals surface area (Å²) in [6, 6.07) is 28.4. The second kappa shape index (κ2) is 11.7. The number of nitrogens with one attached hydrogen (secondary N) is 1. The van der Waals surface area contributed by atoms with Crippen LogP contribution in [0.2, 0.25) is 5.02 Å². The van der Waals surface area contributed by atoms with Gasteiger partial charge in [0.2, 0.25) is 5.91 Å². The molecule has 0 aliphatic heterocycles. The van der Waals surface area contributed by atoms with Crippen LogP contribution in [0.4, 0.5) is 5.69 Å². The summed E-state index contributed by atoms with van der Waals surface area (Å²) in [5.74, 6) is 1.39. The van der Waals surface area contributed by atoms with Gasteiger partial charge in [0, 0.05) is 34.4 Å². The first-order chi connectivity index (χ1) is 18.2. The summed E-state index contributed by atoms with van der Waals surface area (Å²) in [6.45, 7) is 0.485. The Labute approximate surface area is 223 Å². The Balaban J connectivity index is 1.24. The number of ether oxygens (including phenoxy) is 1. The van der Waals surface area contributed by atoms with Crippen molar-refractivity contribution in [3.05, 3.63) is 114 Å². The smallest absolute Gasteiger partial charge is 0.234 e. The number of rotatable bonds is 9. The van der Waals surface area contributed by atoms with Gasteiger partial charge in [0.15, 0.2) is 11.0 Å². The molecule has 5 rings (SSSR count). The van der Waals surface area contributed by atoms with E-state index in [0.29, 0.717) is 28.3 Å². The Morgan fingerprint density at radius 2 is 1.62 bits per heavy atom. The van der Waals surface area contributed by atoms with Crippen molar-refractivity contribution in [1.82, 2.24) is 19.7 Å². The van der Waals surface area contributed by atoms with E-state index in [1.54, 1.807) is 12.4 Å². The van der Waals surface area contributed by atoms with E-state index in [4.69, 9.17) is 16.3 Å². The molecule has 37 heavy (non-hydrogen) atoms. The van der Waals surface area contributed by atoms with Crippen LogP contribution in [0.1, 0.15) is 5.56 Å². The largest absolute Gasteiger partial charge is 0.489 e. The Bertz CT molecular complexity index is 1460. The normalized spacial score (nSPS) is 10.7. The average molecular weight is 528 g/mol. The number of amides is 1. The summed E-state index contributed by atoms with van der Waals surface area (Å²) in [5.41, 5.74) is 3.49. The van der Waals surface area contributed by atoms with E-state index in [9.17, 15) is 4.79 Å². The van der Waals surface area contributed by atoms with Crippen molar-refractivity contribution in [3.63, 3.8) is 0 Å². The highest BCUT2D eigenvalue weighted by atomic mass is 35.5. The lowest BCUT2D eigenvalue weighted by atomic mass is 10.2. The van der Waals surface area contributed by atoms with E-state index >= 15 is 0 Å². The molecule has 184 valence electrons. The summed E-state index contributed by atoms with van der Waals surface area (Å²) in [4.78, 5) is 16.8.